The number of rotatable bonds is 5. The number of amides is 1. The van der Waals surface area contributed by atoms with Gasteiger partial charge in [0.25, 0.3) is 0 Å². The van der Waals surface area contributed by atoms with Gasteiger partial charge < -0.3 is 14.4 Å². The van der Waals surface area contributed by atoms with Gasteiger partial charge in [-0.1, -0.05) is 0 Å². The van der Waals surface area contributed by atoms with Crippen molar-refractivity contribution in [3.05, 3.63) is 40.2 Å². The van der Waals surface area contributed by atoms with Crippen LogP contribution >= 0.6 is 11.3 Å². The second-order valence-electron chi connectivity index (χ2n) is 5.68. The molecule has 0 bridgehead atoms. The molecule has 0 saturated carbocycles. The fourth-order valence-corrected chi connectivity index (χ4v) is 3.62. The average Bonchev–Trinajstić information content (AvgIpc) is 3.20. The molecule has 0 aliphatic carbocycles. The number of hydrogen-bond donors (Lipinski definition) is 1. The lowest BCUT2D eigenvalue weighted by Gasteiger charge is -2.26. The second-order valence-corrected chi connectivity index (χ2v) is 6.75. The minimum absolute atomic E-state index is 0.0762. The lowest BCUT2D eigenvalue weighted by molar-refractivity contribution is -0.131. The van der Waals surface area contributed by atoms with E-state index in [1.165, 1.54) is 0 Å². The maximum atomic E-state index is 12.5. The van der Waals surface area contributed by atoms with Gasteiger partial charge in [0.1, 0.15) is 11.9 Å². The topological polar surface area (TPSA) is 66.6 Å². The minimum atomic E-state index is -0.657. The van der Waals surface area contributed by atoms with Crippen molar-refractivity contribution in [3.63, 3.8) is 0 Å². The Morgan fingerprint density at radius 2 is 2.50 bits per heavy atom. The van der Waals surface area contributed by atoms with Crippen molar-refractivity contribution >= 4 is 17.2 Å². The zero-order chi connectivity index (χ0) is 15.5. The predicted molar refractivity (Wildman–Crippen MR) is 83.6 cm³/mol. The van der Waals surface area contributed by atoms with Gasteiger partial charge in [0.05, 0.1) is 23.4 Å². The summed E-state index contributed by atoms with van der Waals surface area (Å²) in [6.45, 7) is 2.70. The van der Waals surface area contributed by atoms with Crippen LogP contribution in [0.15, 0.2) is 28.2 Å². The molecule has 5 nitrogen and oxygen atoms in total. The standard InChI is InChI=1S/C16H20N2O3S/c1-11-17-12(10-22-11)8-16(20)18-6-2-4-13(18)9-14(19)15-5-3-7-21-15/h3,5,7,10,13-14,19H,2,4,6,8-9H2,1H3. The molecule has 3 heterocycles. The lowest BCUT2D eigenvalue weighted by Crippen LogP contribution is -2.37. The summed E-state index contributed by atoms with van der Waals surface area (Å²) in [6, 6.07) is 3.61. The minimum Gasteiger partial charge on any atom is -0.467 e. The molecule has 1 aliphatic rings. The first-order chi connectivity index (χ1) is 10.6. The fraction of sp³-hybridized carbons (Fsp3) is 0.500. The van der Waals surface area contributed by atoms with E-state index in [0.717, 1.165) is 30.1 Å². The summed E-state index contributed by atoms with van der Waals surface area (Å²) in [5.41, 5.74) is 0.838. The SMILES string of the molecule is Cc1nc(CC(=O)N2CCCC2CC(O)c2ccco2)cs1. The molecule has 3 rings (SSSR count). The van der Waals surface area contributed by atoms with Crippen molar-refractivity contribution in [2.24, 2.45) is 0 Å². The van der Waals surface area contributed by atoms with Crippen molar-refractivity contribution in [3.8, 4) is 0 Å². The Morgan fingerprint density at radius 3 is 3.18 bits per heavy atom. The highest BCUT2D eigenvalue weighted by Crippen LogP contribution is 2.28. The van der Waals surface area contributed by atoms with Gasteiger partial charge >= 0.3 is 0 Å². The molecule has 1 amide bonds. The highest BCUT2D eigenvalue weighted by Gasteiger charge is 2.31. The molecule has 0 aromatic carbocycles. The number of carbonyl (C=O) groups is 1. The molecular weight excluding hydrogens is 300 g/mol. The van der Waals surface area contributed by atoms with Crippen molar-refractivity contribution < 1.29 is 14.3 Å². The summed E-state index contributed by atoms with van der Waals surface area (Å²) in [7, 11) is 0. The maximum absolute atomic E-state index is 12.5. The van der Waals surface area contributed by atoms with Crippen LogP contribution in [0.25, 0.3) is 0 Å². The van der Waals surface area contributed by atoms with E-state index in [-0.39, 0.29) is 11.9 Å². The molecule has 1 saturated heterocycles. The van der Waals surface area contributed by atoms with Crippen molar-refractivity contribution in [2.75, 3.05) is 6.54 Å². The Hall–Kier alpha value is -1.66. The average molecular weight is 320 g/mol. The molecular formula is C16H20N2O3S. The molecule has 2 aromatic heterocycles. The number of likely N-dealkylation sites (tertiary alicyclic amines) is 1. The zero-order valence-electron chi connectivity index (χ0n) is 12.6. The molecule has 1 aliphatic heterocycles. The number of nitrogens with zero attached hydrogens (tertiary/aromatic N) is 2. The Balaban J connectivity index is 1.61. The van der Waals surface area contributed by atoms with E-state index in [1.54, 1.807) is 29.7 Å². The Bertz CT molecular complexity index is 623. The summed E-state index contributed by atoms with van der Waals surface area (Å²) in [6.07, 6.45) is 3.68. The second kappa shape index (κ2) is 6.62. The number of aryl methyl sites for hydroxylation is 1. The molecule has 0 radical (unpaired) electrons. The number of aliphatic hydroxyl groups excluding tert-OH is 1. The van der Waals surface area contributed by atoms with Gasteiger partial charge in [-0.25, -0.2) is 4.98 Å². The van der Waals surface area contributed by atoms with Gasteiger partial charge in [-0.15, -0.1) is 11.3 Å². The van der Waals surface area contributed by atoms with Crippen molar-refractivity contribution in [1.29, 1.82) is 0 Å². The van der Waals surface area contributed by atoms with E-state index >= 15 is 0 Å². The van der Waals surface area contributed by atoms with Gasteiger partial charge in [0.15, 0.2) is 0 Å². The van der Waals surface area contributed by atoms with Crippen LogP contribution in [0.3, 0.4) is 0 Å². The Kier molecular flexibility index (Phi) is 4.59. The van der Waals surface area contributed by atoms with Crippen LogP contribution in [0.1, 0.15) is 41.8 Å². The molecule has 2 aromatic rings. The van der Waals surface area contributed by atoms with E-state index in [0.29, 0.717) is 18.6 Å². The smallest absolute Gasteiger partial charge is 0.228 e. The molecule has 1 fully saturated rings. The quantitative estimate of drug-likeness (QED) is 0.920. The van der Waals surface area contributed by atoms with Gasteiger partial charge in [0, 0.05) is 24.4 Å². The first-order valence-corrected chi connectivity index (χ1v) is 8.43. The number of aromatic nitrogens is 1. The Morgan fingerprint density at radius 1 is 1.64 bits per heavy atom. The fourth-order valence-electron chi connectivity index (χ4n) is 3.01. The van der Waals surface area contributed by atoms with E-state index in [2.05, 4.69) is 4.98 Å². The Labute approximate surface area is 133 Å². The molecule has 118 valence electrons. The highest BCUT2D eigenvalue weighted by atomic mass is 32.1. The van der Waals surface area contributed by atoms with E-state index in [4.69, 9.17) is 4.42 Å². The van der Waals surface area contributed by atoms with Gasteiger partial charge in [-0.3, -0.25) is 4.79 Å². The van der Waals surface area contributed by atoms with Crippen LogP contribution in [0.4, 0.5) is 0 Å². The number of hydrogen-bond acceptors (Lipinski definition) is 5. The van der Waals surface area contributed by atoms with Crippen LogP contribution in [0, 0.1) is 6.92 Å². The molecule has 1 N–H and O–H groups in total. The molecule has 0 spiro atoms. The van der Waals surface area contributed by atoms with Crippen LogP contribution in [0.2, 0.25) is 0 Å². The third-order valence-corrected chi connectivity index (χ3v) is 4.89. The zero-order valence-corrected chi connectivity index (χ0v) is 13.4. The molecule has 2 unspecified atom stereocenters. The van der Waals surface area contributed by atoms with Crippen LogP contribution in [0.5, 0.6) is 0 Å². The normalized spacial score (nSPS) is 19.5. The predicted octanol–water partition coefficient (Wildman–Crippen LogP) is 2.70. The van der Waals surface area contributed by atoms with Gasteiger partial charge in [-0.2, -0.15) is 0 Å². The largest absolute Gasteiger partial charge is 0.467 e. The van der Waals surface area contributed by atoms with Crippen molar-refractivity contribution in [1.82, 2.24) is 9.88 Å². The summed E-state index contributed by atoms with van der Waals surface area (Å²) in [5.74, 6) is 0.661. The number of aliphatic hydroxyl groups is 1. The first kappa shape index (κ1) is 15.2. The highest BCUT2D eigenvalue weighted by molar-refractivity contribution is 7.09. The molecule has 2 atom stereocenters. The number of carbonyl (C=O) groups excluding carboxylic acids is 1. The van der Waals surface area contributed by atoms with Crippen LogP contribution in [-0.4, -0.2) is 33.5 Å². The van der Waals surface area contributed by atoms with E-state index < -0.39 is 6.10 Å². The third kappa shape index (κ3) is 3.39. The molecule has 6 heteroatoms. The third-order valence-electron chi connectivity index (χ3n) is 4.06. The van der Waals surface area contributed by atoms with Crippen LogP contribution in [-0.2, 0) is 11.2 Å². The van der Waals surface area contributed by atoms with Crippen LogP contribution < -0.4 is 0 Å². The summed E-state index contributed by atoms with van der Waals surface area (Å²) < 4.78 is 5.24. The number of thiazole rings is 1. The summed E-state index contributed by atoms with van der Waals surface area (Å²) in [4.78, 5) is 18.7. The van der Waals surface area contributed by atoms with Gasteiger partial charge in [-0.05, 0) is 31.9 Å². The summed E-state index contributed by atoms with van der Waals surface area (Å²) >= 11 is 1.56. The van der Waals surface area contributed by atoms with Gasteiger partial charge in [0.2, 0.25) is 5.91 Å². The van der Waals surface area contributed by atoms with E-state index in [1.807, 2.05) is 17.2 Å². The van der Waals surface area contributed by atoms with E-state index in [9.17, 15) is 9.90 Å². The lowest BCUT2D eigenvalue weighted by atomic mass is 10.0. The molecule has 22 heavy (non-hydrogen) atoms. The number of furan rings is 1. The van der Waals surface area contributed by atoms with Crippen molar-refractivity contribution in [2.45, 2.75) is 44.8 Å². The monoisotopic (exact) mass is 320 g/mol. The maximum Gasteiger partial charge on any atom is 0.228 e. The summed E-state index contributed by atoms with van der Waals surface area (Å²) in [5, 5.41) is 13.1. The first-order valence-electron chi connectivity index (χ1n) is 7.55.